The SMILES string of the molecule is Cc1cc(F)cc(C2(O)CCc3ccc(C)cc32)c1. The summed E-state index contributed by atoms with van der Waals surface area (Å²) in [4.78, 5) is 0. The molecule has 0 aromatic heterocycles. The minimum Gasteiger partial charge on any atom is -0.380 e. The second-order valence-electron chi connectivity index (χ2n) is 5.54. The summed E-state index contributed by atoms with van der Waals surface area (Å²) < 4.78 is 13.6. The molecule has 1 N–H and O–H groups in total. The average Bonchev–Trinajstić information content (AvgIpc) is 2.67. The molecule has 0 aliphatic heterocycles. The quantitative estimate of drug-likeness (QED) is 0.826. The van der Waals surface area contributed by atoms with Gasteiger partial charge in [-0.15, -0.1) is 0 Å². The van der Waals surface area contributed by atoms with E-state index >= 15 is 0 Å². The van der Waals surface area contributed by atoms with E-state index < -0.39 is 5.60 Å². The number of aryl methyl sites for hydroxylation is 3. The summed E-state index contributed by atoms with van der Waals surface area (Å²) >= 11 is 0. The van der Waals surface area contributed by atoms with Crippen LogP contribution in [0.15, 0.2) is 36.4 Å². The zero-order valence-electron chi connectivity index (χ0n) is 11.2. The summed E-state index contributed by atoms with van der Waals surface area (Å²) in [5, 5.41) is 11.0. The van der Waals surface area contributed by atoms with Crippen molar-refractivity contribution in [1.29, 1.82) is 0 Å². The third-order valence-electron chi connectivity index (χ3n) is 3.99. The lowest BCUT2D eigenvalue weighted by Crippen LogP contribution is -2.24. The summed E-state index contributed by atoms with van der Waals surface area (Å²) in [5.74, 6) is -0.287. The van der Waals surface area contributed by atoms with Gasteiger partial charge in [-0.1, -0.05) is 29.8 Å². The molecular formula is C17H17FO. The molecule has 1 aliphatic carbocycles. The van der Waals surface area contributed by atoms with Gasteiger partial charge in [-0.05, 0) is 61.1 Å². The van der Waals surface area contributed by atoms with Crippen LogP contribution >= 0.6 is 0 Å². The van der Waals surface area contributed by atoms with E-state index in [1.807, 2.05) is 26.0 Å². The molecule has 19 heavy (non-hydrogen) atoms. The second kappa shape index (κ2) is 4.17. The predicted octanol–water partition coefficient (Wildman–Crippen LogP) is 3.62. The molecule has 0 heterocycles. The molecule has 1 aliphatic rings. The predicted molar refractivity (Wildman–Crippen MR) is 73.6 cm³/mol. The van der Waals surface area contributed by atoms with E-state index in [4.69, 9.17) is 0 Å². The van der Waals surface area contributed by atoms with Gasteiger partial charge in [0.15, 0.2) is 0 Å². The first-order chi connectivity index (χ1) is 8.99. The fourth-order valence-electron chi connectivity index (χ4n) is 3.02. The summed E-state index contributed by atoms with van der Waals surface area (Å²) in [5.41, 5.74) is 3.66. The summed E-state index contributed by atoms with van der Waals surface area (Å²) in [6.45, 7) is 3.86. The Morgan fingerprint density at radius 1 is 1.05 bits per heavy atom. The molecule has 2 aromatic carbocycles. The number of hydrogen-bond donors (Lipinski definition) is 1. The van der Waals surface area contributed by atoms with Gasteiger partial charge in [0, 0.05) is 0 Å². The van der Waals surface area contributed by atoms with Gasteiger partial charge in [0.2, 0.25) is 0 Å². The Bertz CT molecular complexity index is 627. The number of benzene rings is 2. The number of rotatable bonds is 1. The molecule has 2 heteroatoms. The molecule has 3 rings (SSSR count). The maximum Gasteiger partial charge on any atom is 0.123 e. The van der Waals surface area contributed by atoms with Gasteiger partial charge in [-0.25, -0.2) is 4.39 Å². The van der Waals surface area contributed by atoms with Gasteiger partial charge >= 0.3 is 0 Å². The number of halogens is 1. The molecule has 0 saturated heterocycles. The maximum absolute atomic E-state index is 13.6. The Kier molecular flexibility index (Phi) is 2.72. The van der Waals surface area contributed by atoms with Gasteiger partial charge in [-0.3, -0.25) is 0 Å². The summed E-state index contributed by atoms with van der Waals surface area (Å²) in [6.07, 6.45) is 1.45. The van der Waals surface area contributed by atoms with Crippen molar-refractivity contribution in [3.8, 4) is 0 Å². The van der Waals surface area contributed by atoms with Crippen molar-refractivity contribution in [2.24, 2.45) is 0 Å². The van der Waals surface area contributed by atoms with Crippen molar-refractivity contribution < 1.29 is 9.50 Å². The van der Waals surface area contributed by atoms with Crippen LogP contribution < -0.4 is 0 Å². The van der Waals surface area contributed by atoms with Crippen molar-refractivity contribution >= 4 is 0 Å². The van der Waals surface area contributed by atoms with Gasteiger partial charge in [0.05, 0.1) is 0 Å². The van der Waals surface area contributed by atoms with E-state index in [0.29, 0.717) is 12.0 Å². The molecule has 98 valence electrons. The third-order valence-corrected chi connectivity index (χ3v) is 3.99. The average molecular weight is 256 g/mol. The molecule has 0 bridgehead atoms. The molecule has 0 fully saturated rings. The highest BCUT2D eigenvalue weighted by Gasteiger charge is 2.38. The monoisotopic (exact) mass is 256 g/mol. The van der Waals surface area contributed by atoms with Crippen LogP contribution in [-0.2, 0) is 12.0 Å². The lowest BCUT2D eigenvalue weighted by molar-refractivity contribution is 0.0825. The molecule has 0 spiro atoms. The van der Waals surface area contributed by atoms with Crippen LogP contribution in [0.4, 0.5) is 4.39 Å². The van der Waals surface area contributed by atoms with Crippen molar-refractivity contribution in [3.63, 3.8) is 0 Å². The normalized spacial score (nSPS) is 21.5. The van der Waals surface area contributed by atoms with Crippen LogP contribution in [0.5, 0.6) is 0 Å². The Hall–Kier alpha value is -1.67. The minimum atomic E-state index is -1.05. The van der Waals surface area contributed by atoms with Crippen LogP contribution in [-0.4, -0.2) is 5.11 Å². The highest BCUT2D eigenvalue weighted by Crippen LogP contribution is 2.42. The van der Waals surface area contributed by atoms with E-state index in [2.05, 4.69) is 12.1 Å². The van der Waals surface area contributed by atoms with E-state index in [0.717, 1.165) is 28.7 Å². The first-order valence-electron chi connectivity index (χ1n) is 6.59. The largest absolute Gasteiger partial charge is 0.380 e. The number of aliphatic hydroxyl groups is 1. The van der Waals surface area contributed by atoms with E-state index in [9.17, 15) is 9.50 Å². The molecule has 2 aromatic rings. The summed E-state index contributed by atoms with van der Waals surface area (Å²) in [6, 6.07) is 10.9. The van der Waals surface area contributed by atoms with Crippen molar-refractivity contribution in [1.82, 2.24) is 0 Å². The maximum atomic E-state index is 13.6. The number of fused-ring (bicyclic) bond motifs is 1. The van der Waals surface area contributed by atoms with Gasteiger partial charge < -0.3 is 5.11 Å². The standard InChI is InChI=1S/C17H17FO/c1-11-3-4-13-5-6-17(19,16(13)9-11)14-7-12(2)8-15(18)10-14/h3-4,7-10,19H,5-6H2,1-2H3. The lowest BCUT2D eigenvalue weighted by atomic mass is 9.86. The molecule has 0 saturated carbocycles. The Balaban J connectivity index is 2.18. The summed E-state index contributed by atoms with van der Waals surface area (Å²) in [7, 11) is 0. The molecule has 0 amide bonds. The molecule has 1 nitrogen and oxygen atoms in total. The van der Waals surface area contributed by atoms with Crippen LogP contribution in [0, 0.1) is 19.7 Å². The zero-order chi connectivity index (χ0) is 13.6. The van der Waals surface area contributed by atoms with Gasteiger partial charge in [-0.2, -0.15) is 0 Å². The van der Waals surface area contributed by atoms with Crippen LogP contribution in [0.2, 0.25) is 0 Å². The van der Waals surface area contributed by atoms with Crippen molar-refractivity contribution in [3.05, 3.63) is 70.0 Å². The zero-order valence-corrected chi connectivity index (χ0v) is 11.2. The van der Waals surface area contributed by atoms with Gasteiger partial charge in [0.1, 0.15) is 11.4 Å². The first-order valence-corrected chi connectivity index (χ1v) is 6.59. The molecular weight excluding hydrogens is 239 g/mol. The van der Waals surface area contributed by atoms with E-state index in [-0.39, 0.29) is 5.82 Å². The fourth-order valence-corrected chi connectivity index (χ4v) is 3.02. The molecule has 1 unspecified atom stereocenters. The Labute approximate surface area is 112 Å². The van der Waals surface area contributed by atoms with Gasteiger partial charge in [0.25, 0.3) is 0 Å². The van der Waals surface area contributed by atoms with E-state index in [1.165, 1.54) is 12.1 Å². The molecule has 1 atom stereocenters. The van der Waals surface area contributed by atoms with Crippen LogP contribution in [0.3, 0.4) is 0 Å². The van der Waals surface area contributed by atoms with Crippen LogP contribution in [0.1, 0.15) is 34.2 Å². The minimum absolute atomic E-state index is 0.287. The van der Waals surface area contributed by atoms with E-state index in [1.54, 1.807) is 0 Å². The smallest absolute Gasteiger partial charge is 0.123 e. The highest BCUT2D eigenvalue weighted by molar-refractivity contribution is 5.47. The Morgan fingerprint density at radius 3 is 2.58 bits per heavy atom. The van der Waals surface area contributed by atoms with Crippen molar-refractivity contribution in [2.75, 3.05) is 0 Å². The highest BCUT2D eigenvalue weighted by atomic mass is 19.1. The lowest BCUT2D eigenvalue weighted by Gasteiger charge is -2.25. The number of hydrogen-bond acceptors (Lipinski definition) is 1. The third kappa shape index (κ3) is 1.96. The van der Waals surface area contributed by atoms with Crippen molar-refractivity contribution in [2.45, 2.75) is 32.3 Å². The topological polar surface area (TPSA) is 20.2 Å². The Morgan fingerprint density at radius 2 is 1.84 bits per heavy atom. The molecule has 0 radical (unpaired) electrons. The second-order valence-corrected chi connectivity index (χ2v) is 5.54. The van der Waals surface area contributed by atoms with Crippen LogP contribution in [0.25, 0.3) is 0 Å². The first kappa shape index (κ1) is 12.4. The fraction of sp³-hybridized carbons (Fsp3) is 0.294.